The molecule has 2 aliphatic carbocycles. The highest BCUT2D eigenvalue weighted by Crippen LogP contribution is 2.51. The molecule has 0 aliphatic heterocycles. The largest absolute Gasteiger partial charge is 0.414 e. The van der Waals surface area contributed by atoms with Crippen molar-refractivity contribution in [3.05, 3.63) is 35.9 Å². The second-order valence-electron chi connectivity index (χ2n) is 12.2. The molecule has 6 heteroatoms. The van der Waals surface area contributed by atoms with Crippen LogP contribution in [0, 0.1) is 23.7 Å². The third-order valence-electron chi connectivity index (χ3n) is 8.74. The molecule has 2 fully saturated rings. The van der Waals surface area contributed by atoms with Crippen molar-refractivity contribution in [2.24, 2.45) is 23.7 Å². The SMILES string of the molecule is COCO[C@H]1C[C@H]2C[C@@H](O[Si](C)(C)C(C)(C)C)[C@H](C)[C@@H](OCc3ccccc3)[C@H]2[C@H](C(C)O)C1. The van der Waals surface area contributed by atoms with Crippen LogP contribution in [0.15, 0.2) is 30.3 Å². The predicted molar refractivity (Wildman–Crippen MR) is 139 cm³/mol. The monoisotopic (exact) mass is 492 g/mol. The number of fused-ring (bicyclic) bond motifs is 1. The Kier molecular flexibility index (Phi) is 9.43. The van der Waals surface area contributed by atoms with Crippen LogP contribution in [0.25, 0.3) is 0 Å². The van der Waals surface area contributed by atoms with Crippen LogP contribution in [0.3, 0.4) is 0 Å². The van der Waals surface area contributed by atoms with Gasteiger partial charge in [-0.3, -0.25) is 0 Å². The Balaban J connectivity index is 1.88. The average molecular weight is 493 g/mol. The van der Waals surface area contributed by atoms with Gasteiger partial charge in [0.15, 0.2) is 8.32 Å². The molecule has 1 unspecified atom stereocenters. The maximum Gasteiger partial charge on any atom is 0.192 e. The molecule has 194 valence electrons. The fourth-order valence-electron chi connectivity index (χ4n) is 5.80. The molecule has 0 spiro atoms. The fourth-order valence-corrected chi connectivity index (χ4v) is 7.22. The fraction of sp³-hybridized carbons (Fsp3) is 0.786. The number of ether oxygens (including phenoxy) is 3. The van der Waals surface area contributed by atoms with Crippen molar-refractivity contribution in [3.8, 4) is 0 Å². The maximum absolute atomic E-state index is 10.8. The average Bonchev–Trinajstić information content (AvgIpc) is 2.77. The van der Waals surface area contributed by atoms with Gasteiger partial charge < -0.3 is 23.7 Å². The van der Waals surface area contributed by atoms with E-state index in [1.165, 1.54) is 5.56 Å². The van der Waals surface area contributed by atoms with E-state index in [2.05, 4.69) is 65.1 Å². The lowest BCUT2D eigenvalue weighted by molar-refractivity contribution is -0.182. The summed E-state index contributed by atoms with van der Waals surface area (Å²) in [5, 5.41) is 11.0. The number of hydrogen-bond acceptors (Lipinski definition) is 5. The van der Waals surface area contributed by atoms with Crippen molar-refractivity contribution in [2.75, 3.05) is 13.9 Å². The van der Waals surface area contributed by atoms with Gasteiger partial charge in [0.1, 0.15) is 6.79 Å². The first-order valence-electron chi connectivity index (χ1n) is 13.1. The molecular formula is C28H48O5Si. The molecule has 1 N–H and O–H groups in total. The van der Waals surface area contributed by atoms with Crippen LogP contribution in [0.4, 0.5) is 0 Å². The van der Waals surface area contributed by atoms with E-state index >= 15 is 0 Å². The molecule has 2 saturated carbocycles. The van der Waals surface area contributed by atoms with E-state index in [9.17, 15) is 5.11 Å². The molecule has 1 aromatic carbocycles. The second kappa shape index (κ2) is 11.5. The lowest BCUT2D eigenvalue weighted by Crippen LogP contribution is -2.57. The van der Waals surface area contributed by atoms with Crippen LogP contribution in [0.5, 0.6) is 0 Å². The van der Waals surface area contributed by atoms with Gasteiger partial charge in [-0.15, -0.1) is 0 Å². The maximum atomic E-state index is 10.8. The van der Waals surface area contributed by atoms with Gasteiger partial charge >= 0.3 is 0 Å². The third kappa shape index (κ3) is 6.51. The summed E-state index contributed by atoms with van der Waals surface area (Å²) < 4.78 is 25.0. The smallest absolute Gasteiger partial charge is 0.192 e. The molecule has 0 bridgehead atoms. The molecule has 8 atom stereocenters. The Bertz CT molecular complexity index is 747. The van der Waals surface area contributed by atoms with E-state index in [1.54, 1.807) is 7.11 Å². The van der Waals surface area contributed by atoms with Crippen molar-refractivity contribution in [1.29, 1.82) is 0 Å². The van der Waals surface area contributed by atoms with Gasteiger partial charge in [0.05, 0.1) is 31.0 Å². The summed E-state index contributed by atoms with van der Waals surface area (Å²) in [6.07, 6.45) is 2.68. The normalized spacial score (nSPS) is 33.4. The molecule has 0 heterocycles. The Morgan fingerprint density at radius 1 is 1.06 bits per heavy atom. The summed E-state index contributed by atoms with van der Waals surface area (Å²) in [4.78, 5) is 0. The minimum absolute atomic E-state index is 0.0386. The topological polar surface area (TPSA) is 57.2 Å². The van der Waals surface area contributed by atoms with Crippen LogP contribution in [-0.2, 0) is 25.2 Å². The van der Waals surface area contributed by atoms with Gasteiger partial charge in [0.2, 0.25) is 0 Å². The molecular weight excluding hydrogens is 444 g/mol. The highest BCUT2D eigenvalue weighted by atomic mass is 28.4. The summed E-state index contributed by atoms with van der Waals surface area (Å²) in [6, 6.07) is 10.4. The molecule has 5 nitrogen and oxygen atoms in total. The first kappa shape index (κ1) is 27.8. The van der Waals surface area contributed by atoms with Crippen LogP contribution in [0.1, 0.15) is 59.4 Å². The van der Waals surface area contributed by atoms with Gasteiger partial charge in [0, 0.05) is 13.0 Å². The Morgan fingerprint density at radius 3 is 2.32 bits per heavy atom. The van der Waals surface area contributed by atoms with Gasteiger partial charge in [-0.1, -0.05) is 58.0 Å². The van der Waals surface area contributed by atoms with Crippen molar-refractivity contribution >= 4 is 8.32 Å². The van der Waals surface area contributed by atoms with Gasteiger partial charge in [0.25, 0.3) is 0 Å². The van der Waals surface area contributed by atoms with E-state index < -0.39 is 14.4 Å². The van der Waals surface area contributed by atoms with Crippen molar-refractivity contribution in [3.63, 3.8) is 0 Å². The number of aliphatic hydroxyl groups is 1. The van der Waals surface area contributed by atoms with E-state index in [0.717, 1.165) is 19.3 Å². The molecule has 0 radical (unpaired) electrons. The van der Waals surface area contributed by atoms with Gasteiger partial charge in [-0.05, 0) is 67.6 Å². The molecule has 1 aromatic rings. The lowest BCUT2D eigenvalue weighted by Gasteiger charge is -2.54. The first-order chi connectivity index (χ1) is 15.9. The predicted octanol–water partition coefficient (Wildman–Crippen LogP) is 6.01. The van der Waals surface area contributed by atoms with Crippen LogP contribution in [-0.4, -0.2) is 51.7 Å². The molecule has 34 heavy (non-hydrogen) atoms. The zero-order valence-electron chi connectivity index (χ0n) is 22.6. The Morgan fingerprint density at radius 2 is 1.74 bits per heavy atom. The van der Waals surface area contributed by atoms with Crippen LogP contribution >= 0.6 is 0 Å². The summed E-state index contributed by atoms with van der Waals surface area (Å²) in [6.45, 7) is 16.7. The quantitative estimate of drug-likeness (QED) is 0.338. The van der Waals surface area contributed by atoms with Crippen molar-refractivity contribution in [1.82, 2.24) is 0 Å². The van der Waals surface area contributed by atoms with Crippen molar-refractivity contribution < 1.29 is 23.7 Å². The summed E-state index contributed by atoms with van der Waals surface area (Å²) in [7, 11) is -0.277. The van der Waals surface area contributed by atoms with Crippen molar-refractivity contribution in [2.45, 2.75) is 103 Å². The molecule has 0 saturated heterocycles. The lowest BCUT2D eigenvalue weighted by atomic mass is 9.59. The van der Waals surface area contributed by atoms with E-state index in [4.69, 9.17) is 18.6 Å². The summed E-state index contributed by atoms with van der Waals surface area (Å²) in [5.41, 5.74) is 1.18. The summed E-state index contributed by atoms with van der Waals surface area (Å²) >= 11 is 0. The number of aliphatic hydroxyl groups excluding tert-OH is 1. The summed E-state index contributed by atoms with van der Waals surface area (Å²) in [5.74, 6) is 1.08. The first-order valence-corrected chi connectivity index (χ1v) is 16.0. The van der Waals surface area contributed by atoms with E-state index in [0.29, 0.717) is 25.2 Å². The molecule has 3 rings (SSSR count). The van der Waals surface area contributed by atoms with Crippen LogP contribution in [0.2, 0.25) is 18.1 Å². The Hall–Kier alpha value is -0.763. The number of methoxy groups -OCH3 is 1. The number of hydrogen-bond donors (Lipinski definition) is 1. The molecule has 0 amide bonds. The third-order valence-corrected chi connectivity index (χ3v) is 13.2. The number of benzene rings is 1. The zero-order valence-corrected chi connectivity index (χ0v) is 23.6. The minimum atomic E-state index is -1.94. The molecule has 0 aromatic heterocycles. The van der Waals surface area contributed by atoms with E-state index in [1.807, 2.05) is 13.0 Å². The van der Waals surface area contributed by atoms with E-state index in [-0.39, 0.29) is 35.2 Å². The number of rotatable bonds is 9. The van der Waals surface area contributed by atoms with Crippen LogP contribution < -0.4 is 0 Å². The Labute approximate surface area is 208 Å². The van der Waals surface area contributed by atoms with Gasteiger partial charge in [-0.25, -0.2) is 0 Å². The zero-order chi connectivity index (χ0) is 25.1. The molecule has 2 aliphatic rings. The van der Waals surface area contributed by atoms with Gasteiger partial charge in [-0.2, -0.15) is 0 Å². The second-order valence-corrected chi connectivity index (χ2v) is 16.9. The highest BCUT2D eigenvalue weighted by molar-refractivity contribution is 6.74. The highest BCUT2D eigenvalue weighted by Gasteiger charge is 2.53. The standard InChI is InChI=1S/C28H48O5Si/c1-19-25(33-34(7,8)28(3,4)5)15-22-14-23(32-18-30-6)16-24(20(2)29)26(22)27(19)31-17-21-12-10-9-11-13-21/h9-13,19-20,22-27,29H,14-18H2,1-8H3/t19-,20?,22-,23-,24-,25+,26+,27+/m0/s1. The minimum Gasteiger partial charge on any atom is -0.414 e.